The van der Waals surface area contributed by atoms with Crippen molar-refractivity contribution >= 4 is 23.2 Å². The summed E-state index contributed by atoms with van der Waals surface area (Å²) in [6.45, 7) is -0.371. The van der Waals surface area contributed by atoms with Crippen LogP contribution in [-0.2, 0) is 9.59 Å². The molecule has 0 aliphatic rings. The first-order chi connectivity index (χ1) is 15.6. The van der Waals surface area contributed by atoms with Crippen molar-refractivity contribution in [3.8, 4) is 23.0 Å². The fraction of sp³-hybridized carbons (Fsp3) is 0.167. The van der Waals surface area contributed by atoms with E-state index < -0.39 is 0 Å². The summed E-state index contributed by atoms with van der Waals surface area (Å²) < 4.78 is 21.1. The van der Waals surface area contributed by atoms with Crippen LogP contribution in [0.5, 0.6) is 23.0 Å². The van der Waals surface area contributed by atoms with E-state index in [0.717, 1.165) is 0 Å². The van der Waals surface area contributed by atoms with Gasteiger partial charge in [0.15, 0.2) is 13.2 Å². The van der Waals surface area contributed by atoms with Gasteiger partial charge in [-0.2, -0.15) is 0 Å². The first-order valence-corrected chi connectivity index (χ1v) is 9.80. The number of methoxy groups -OCH3 is 2. The molecular weight excluding hydrogens is 412 g/mol. The molecular formula is C24H24N2O6. The summed E-state index contributed by atoms with van der Waals surface area (Å²) in [4.78, 5) is 24.6. The fourth-order valence-corrected chi connectivity index (χ4v) is 2.72. The van der Waals surface area contributed by atoms with Gasteiger partial charge in [0, 0.05) is 0 Å². The minimum Gasteiger partial charge on any atom is -0.497 e. The minimum atomic E-state index is -0.364. The molecule has 8 heteroatoms. The molecule has 0 saturated carbocycles. The van der Waals surface area contributed by atoms with E-state index in [1.54, 1.807) is 87.0 Å². The van der Waals surface area contributed by atoms with E-state index in [-0.39, 0.29) is 25.0 Å². The monoisotopic (exact) mass is 436 g/mol. The van der Waals surface area contributed by atoms with Crippen molar-refractivity contribution in [3.63, 3.8) is 0 Å². The van der Waals surface area contributed by atoms with Crippen molar-refractivity contribution in [2.24, 2.45) is 0 Å². The molecule has 0 unspecified atom stereocenters. The van der Waals surface area contributed by atoms with Gasteiger partial charge in [-0.15, -0.1) is 0 Å². The van der Waals surface area contributed by atoms with Gasteiger partial charge in [0.1, 0.15) is 23.0 Å². The lowest BCUT2D eigenvalue weighted by Gasteiger charge is -2.13. The molecule has 0 fully saturated rings. The molecule has 0 saturated heterocycles. The van der Waals surface area contributed by atoms with Crippen LogP contribution in [0, 0.1) is 0 Å². The maximum absolute atomic E-state index is 12.3. The smallest absolute Gasteiger partial charge is 0.262 e. The number of hydrogen-bond donors (Lipinski definition) is 2. The van der Waals surface area contributed by atoms with Crippen molar-refractivity contribution in [2.75, 3.05) is 38.1 Å². The lowest BCUT2D eigenvalue weighted by molar-refractivity contribution is -0.119. The van der Waals surface area contributed by atoms with E-state index in [4.69, 9.17) is 18.9 Å². The summed E-state index contributed by atoms with van der Waals surface area (Å²) >= 11 is 0. The lowest BCUT2D eigenvalue weighted by atomic mass is 10.2. The number of para-hydroxylation sites is 2. The minimum absolute atomic E-state index is 0.185. The number of hydrogen-bond acceptors (Lipinski definition) is 6. The van der Waals surface area contributed by atoms with Gasteiger partial charge in [-0.3, -0.25) is 9.59 Å². The number of amides is 2. The maximum atomic E-state index is 12.3. The normalized spacial score (nSPS) is 10.1. The zero-order chi connectivity index (χ0) is 22.8. The first-order valence-electron chi connectivity index (χ1n) is 9.80. The van der Waals surface area contributed by atoms with Crippen LogP contribution in [0.2, 0.25) is 0 Å². The highest BCUT2D eigenvalue weighted by atomic mass is 16.5. The highest BCUT2D eigenvalue weighted by Crippen LogP contribution is 2.22. The Kier molecular flexibility index (Phi) is 7.91. The molecule has 3 aromatic carbocycles. The Morgan fingerprint density at radius 2 is 0.938 bits per heavy atom. The van der Waals surface area contributed by atoms with Crippen LogP contribution in [0.15, 0.2) is 72.8 Å². The van der Waals surface area contributed by atoms with Gasteiger partial charge in [0.2, 0.25) is 0 Å². The summed E-state index contributed by atoms with van der Waals surface area (Å²) in [6.07, 6.45) is 0. The van der Waals surface area contributed by atoms with Crippen molar-refractivity contribution in [3.05, 3.63) is 72.8 Å². The Hall–Kier alpha value is -4.20. The average Bonchev–Trinajstić information content (AvgIpc) is 2.83. The molecule has 0 aromatic heterocycles. The molecule has 0 heterocycles. The zero-order valence-corrected chi connectivity index (χ0v) is 17.8. The van der Waals surface area contributed by atoms with E-state index in [1.807, 2.05) is 0 Å². The van der Waals surface area contributed by atoms with Gasteiger partial charge >= 0.3 is 0 Å². The summed E-state index contributed by atoms with van der Waals surface area (Å²) in [5.41, 5.74) is 0.905. The van der Waals surface area contributed by atoms with Crippen molar-refractivity contribution in [2.45, 2.75) is 0 Å². The molecule has 32 heavy (non-hydrogen) atoms. The van der Waals surface area contributed by atoms with Gasteiger partial charge in [-0.05, 0) is 60.7 Å². The van der Waals surface area contributed by atoms with Crippen LogP contribution in [0.3, 0.4) is 0 Å². The van der Waals surface area contributed by atoms with Crippen molar-refractivity contribution < 1.29 is 28.5 Å². The Balaban J connectivity index is 1.51. The first kappa shape index (κ1) is 22.5. The second kappa shape index (κ2) is 11.3. The Morgan fingerprint density at radius 3 is 1.28 bits per heavy atom. The second-order valence-corrected chi connectivity index (χ2v) is 6.57. The van der Waals surface area contributed by atoms with E-state index >= 15 is 0 Å². The fourth-order valence-electron chi connectivity index (χ4n) is 2.72. The molecule has 3 aromatic rings. The van der Waals surface area contributed by atoms with E-state index in [9.17, 15) is 9.59 Å². The molecule has 0 spiro atoms. The molecule has 2 amide bonds. The number of carbonyl (C=O) groups excluding carboxylic acids is 2. The van der Waals surface area contributed by atoms with Gasteiger partial charge in [0.25, 0.3) is 11.8 Å². The van der Waals surface area contributed by atoms with Crippen LogP contribution < -0.4 is 29.6 Å². The quantitative estimate of drug-likeness (QED) is 0.503. The molecule has 166 valence electrons. The van der Waals surface area contributed by atoms with Crippen molar-refractivity contribution in [1.82, 2.24) is 0 Å². The molecule has 8 nitrogen and oxygen atoms in total. The van der Waals surface area contributed by atoms with Gasteiger partial charge < -0.3 is 29.6 Å². The Labute approximate surface area is 186 Å². The largest absolute Gasteiger partial charge is 0.497 e. The predicted octanol–water partition coefficient (Wildman–Crippen LogP) is 3.74. The Morgan fingerprint density at radius 1 is 0.594 bits per heavy atom. The standard InChI is InChI=1S/C24H24N2O6/c1-29-17-7-11-19(12-8-17)31-15-23(27)25-21-5-3-4-6-22(21)26-24(28)16-32-20-13-9-18(30-2)10-14-20/h3-14H,15-16H2,1-2H3,(H,25,27)(H,26,28). The number of benzene rings is 3. The van der Waals surface area contributed by atoms with Gasteiger partial charge in [-0.25, -0.2) is 0 Å². The van der Waals surface area contributed by atoms with Gasteiger partial charge in [-0.1, -0.05) is 12.1 Å². The van der Waals surface area contributed by atoms with Gasteiger partial charge in [0.05, 0.1) is 25.6 Å². The summed E-state index contributed by atoms with van der Waals surface area (Å²) in [5, 5.41) is 5.47. The summed E-state index contributed by atoms with van der Waals surface area (Å²) in [7, 11) is 3.15. The maximum Gasteiger partial charge on any atom is 0.262 e. The number of rotatable bonds is 10. The Bertz CT molecular complexity index is 951. The van der Waals surface area contributed by atoms with E-state index in [1.165, 1.54) is 0 Å². The highest BCUT2D eigenvalue weighted by Gasteiger charge is 2.11. The zero-order valence-electron chi connectivity index (χ0n) is 17.8. The third-order valence-electron chi connectivity index (χ3n) is 4.33. The number of carbonyl (C=O) groups is 2. The third-order valence-corrected chi connectivity index (χ3v) is 4.33. The topological polar surface area (TPSA) is 95.1 Å². The summed E-state index contributed by atoms with van der Waals surface area (Å²) in [5.74, 6) is 1.75. The summed E-state index contributed by atoms with van der Waals surface area (Å²) in [6, 6.07) is 20.7. The molecule has 2 N–H and O–H groups in total. The van der Waals surface area contributed by atoms with Crippen LogP contribution in [0.4, 0.5) is 11.4 Å². The molecule has 0 aliphatic heterocycles. The second-order valence-electron chi connectivity index (χ2n) is 6.57. The average molecular weight is 436 g/mol. The van der Waals surface area contributed by atoms with E-state index in [0.29, 0.717) is 34.4 Å². The number of ether oxygens (including phenoxy) is 4. The van der Waals surface area contributed by atoms with Crippen LogP contribution >= 0.6 is 0 Å². The molecule has 0 aliphatic carbocycles. The predicted molar refractivity (Wildman–Crippen MR) is 121 cm³/mol. The molecule has 0 atom stereocenters. The van der Waals surface area contributed by atoms with Crippen LogP contribution in [-0.4, -0.2) is 39.2 Å². The molecule has 0 bridgehead atoms. The molecule has 0 radical (unpaired) electrons. The third kappa shape index (κ3) is 6.66. The number of nitrogens with one attached hydrogen (secondary N) is 2. The van der Waals surface area contributed by atoms with E-state index in [2.05, 4.69) is 10.6 Å². The molecule has 3 rings (SSSR count). The van der Waals surface area contributed by atoms with Crippen molar-refractivity contribution in [1.29, 1.82) is 0 Å². The SMILES string of the molecule is COc1ccc(OCC(=O)Nc2ccccc2NC(=O)COc2ccc(OC)cc2)cc1. The highest BCUT2D eigenvalue weighted by molar-refractivity contribution is 6.00. The number of anilines is 2. The lowest BCUT2D eigenvalue weighted by Crippen LogP contribution is -2.23. The van der Waals surface area contributed by atoms with Crippen LogP contribution in [0.25, 0.3) is 0 Å². The van der Waals surface area contributed by atoms with Crippen LogP contribution in [0.1, 0.15) is 0 Å².